The molecule has 0 spiro atoms. The fraction of sp³-hybridized carbons (Fsp3) is 0.412. The standard InChI is InChI=1S/C17H22N2O2S2/c1-12(13-5-3-2-4-6-13)14(7-8-18)19-17(21)16-15(11-20)22-9-10-23-16/h2-6,11-12,14H,7-10,18H2,1H3,(H,19,21)/t12-,14?/m0/s1. The highest BCUT2D eigenvalue weighted by molar-refractivity contribution is 8.11. The van der Waals surface area contributed by atoms with Crippen LogP contribution in [0.15, 0.2) is 40.1 Å². The summed E-state index contributed by atoms with van der Waals surface area (Å²) in [7, 11) is 0. The van der Waals surface area contributed by atoms with Gasteiger partial charge in [0.15, 0.2) is 6.29 Å². The van der Waals surface area contributed by atoms with Gasteiger partial charge in [-0.05, 0) is 18.5 Å². The van der Waals surface area contributed by atoms with Crippen LogP contribution in [0.2, 0.25) is 0 Å². The summed E-state index contributed by atoms with van der Waals surface area (Å²) in [5, 5.41) is 3.08. The topological polar surface area (TPSA) is 72.2 Å². The van der Waals surface area contributed by atoms with Gasteiger partial charge in [-0.25, -0.2) is 0 Å². The summed E-state index contributed by atoms with van der Waals surface area (Å²) in [5.41, 5.74) is 6.89. The van der Waals surface area contributed by atoms with Crippen LogP contribution in [-0.2, 0) is 9.59 Å². The van der Waals surface area contributed by atoms with Gasteiger partial charge in [0.05, 0.1) is 9.81 Å². The molecular formula is C17H22N2O2S2. The smallest absolute Gasteiger partial charge is 0.259 e. The van der Waals surface area contributed by atoms with Crippen molar-refractivity contribution in [2.45, 2.75) is 25.3 Å². The lowest BCUT2D eigenvalue weighted by molar-refractivity contribution is -0.118. The minimum absolute atomic E-state index is 0.0529. The zero-order chi connectivity index (χ0) is 16.7. The van der Waals surface area contributed by atoms with E-state index < -0.39 is 0 Å². The number of nitrogens with two attached hydrogens (primary N) is 1. The van der Waals surface area contributed by atoms with Crippen LogP contribution in [0.25, 0.3) is 0 Å². The maximum atomic E-state index is 12.6. The van der Waals surface area contributed by atoms with Crippen LogP contribution in [-0.4, -0.2) is 36.3 Å². The number of amides is 1. The highest BCUT2D eigenvalue weighted by Crippen LogP contribution is 2.33. The normalized spacial score (nSPS) is 17.5. The first kappa shape index (κ1) is 18.1. The molecule has 1 aromatic carbocycles. The molecule has 2 rings (SSSR count). The molecule has 6 heteroatoms. The number of hydrogen-bond acceptors (Lipinski definition) is 5. The predicted octanol–water partition coefficient (Wildman–Crippen LogP) is 2.51. The van der Waals surface area contributed by atoms with Gasteiger partial charge in [-0.15, -0.1) is 23.5 Å². The summed E-state index contributed by atoms with van der Waals surface area (Å²) in [5.74, 6) is 1.71. The van der Waals surface area contributed by atoms with Crippen molar-refractivity contribution in [2.24, 2.45) is 5.73 Å². The van der Waals surface area contributed by atoms with E-state index in [9.17, 15) is 9.59 Å². The van der Waals surface area contributed by atoms with Crippen molar-refractivity contribution in [3.63, 3.8) is 0 Å². The fourth-order valence-corrected chi connectivity index (χ4v) is 4.66. The molecule has 2 atom stereocenters. The lowest BCUT2D eigenvalue weighted by Gasteiger charge is -2.26. The summed E-state index contributed by atoms with van der Waals surface area (Å²) in [6.45, 7) is 2.59. The number of benzene rings is 1. The number of carbonyl (C=O) groups excluding carboxylic acids is 2. The van der Waals surface area contributed by atoms with Gasteiger partial charge in [-0.3, -0.25) is 9.59 Å². The highest BCUT2D eigenvalue weighted by Gasteiger charge is 2.25. The second-order valence-electron chi connectivity index (χ2n) is 5.36. The van der Waals surface area contributed by atoms with Crippen LogP contribution in [0.3, 0.4) is 0 Å². The largest absolute Gasteiger partial charge is 0.348 e. The number of rotatable bonds is 7. The second kappa shape index (κ2) is 9.15. The molecule has 1 aliphatic heterocycles. The number of carbonyl (C=O) groups is 2. The van der Waals surface area contributed by atoms with Crippen molar-refractivity contribution in [3.05, 3.63) is 45.7 Å². The molecule has 1 heterocycles. The Kier molecular flexibility index (Phi) is 7.20. The van der Waals surface area contributed by atoms with Gasteiger partial charge < -0.3 is 11.1 Å². The monoisotopic (exact) mass is 350 g/mol. The summed E-state index contributed by atoms with van der Waals surface area (Å²) >= 11 is 2.91. The molecule has 1 aliphatic rings. The van der Waals surface area contributed by atoms with E-state index in [1.165, 1.54) is 29.1 Å². The van der Waals surface area contributed by atoms with Crippen molar-refractivity contribution >= 4 is 35.7 Å². The van der Waals surface area contributed by atoms with Crippen molar-refractivity contribution in [2.75, 3.05) is 18.1 Å². The summed E-state index contributed by atoms with van der Waals surface area (Å²) in [6, 6.07) is 10.0. The van der Waals surface area contributed by atoms with E-state index in [0.717, 1.165) is 17.8 Å². The highest BCUT2D eigenvalue weighted by atomic mass is 32.2. The van der Waals surface area contributed by atoms with E-state index in [0.29, 0.717) is 22.8 Å². The van der Waals surface area contributed by atoms with Gasteiger partial charge in [0.1, 0.15) is 0 Å². The van der Waals surface area contributed by atoms with E-state index in [-0.39, 0.29) is 17.9 Å². The average molecular weight is 351 g/mol. The van der Waals surface area contributed by atoms with Gasteiger partial charge in [-0.2, -0.15) is 0 Å². The lowest BCUT2D eigenvalue weighted by atomic mass is 9.91. The molecule has 0 aliphatic carbocycles. The Morgan fingerprint density at radius 2 is 2.00 bits per heavy atom. The van der Waals surface area contributed by atoms with Gasteiger partial charge in [0.25, 0.3) is 5.91 Å². The zero-order valence-electron chi connectivity index (χ0n) is 13.2. The van der Waals surface area contributed by atoms with Gasteiger partial charge >= 0.3 is 0 Å². The molecule has 0 bridgehead atoms. The fourth-order valence-electron chi connectivity index (χ4n) is 2.55. The SMILES string of the molecule is C[C@@H](c1ccccc1)C(CCN)NC(=O)C1=C(C=O)SCCS1. The van der Waals surface area contributed by atoms with E-state index >= 15 is 0 Å². The third-order valence-electron chi connectivity index (χ3n) is 3.85. The molecule has 0 fully saturated rings. The van der Waals surface area contributed by atoms with Crippen LogP contribution >= 0.6 is 23.5 Å². The molecule has 0 radical (unpaired) electrons. The molecule has 3 N–H and O–H groups in total. The zero-order valence-corrected chi connectivity index (χ0v) is 14.8. The van der Waals surface area contributed by atoms with Crippen molar-refractivity contribution in [1.29, 1.82) is 0 Å². The third kappa shape index (κ3) is 4.86. The molecule has 0 saturated heterocycles. The van der Waals surface area contributed by atoms with E-state index in [2.05, 4.69) is 24.4 Å². The number of aldehydes is 1. The predicted molar refractivity (Wildman–Crippen MR) is 98.5 cm³/mol. The molecule has 0 saturated carbocycles. The Bertz CT molecular complexity index is 575. The Morgan fingerprint density at radius 1 is 1.30 bits per heavy atom. The maximum absolute atomic E-state index is 12.6. The minimum Gasteiger partial charge on any atom is -0.348 e. The molecule has 124 valence electrons. The quantitative estimate of drug-likeness (QED) is 0.739. The molecule has 1 unspecified atom stereocenters. The van der Waals surface area contributed by atoms with Crippen LogP contribution < -0.4 is 11.1 Å². The molecule has 23 heavy (non-hydrogen) atoms. The van der Waals surface area contributed by atoms with E-state index in [1.54, 1.807) is 0 Å². The van der Waals surface area contributed by atoms with E-state index in [1.807, 2.05) is 18.2 Å². The Labute approximate surface area is 145 Å². The first-order valence-electron chi connectivity index (χ1n) is 7.68. The summed E-state index contributed by atoms with van der Waals surface area (Å²) < 4.78 is 0. The molecule has 1 aromatic rings. The Morgan fingerprint density at radius 3 is 2.65 bits per heavy atom. The van der Waals surface area contributed by atoms with E-state index in [4.69, 9.17) is 5.73 Å². The van der Waals surface area contributed by atoms with Crippen LogP contribution in [0.4, 0.5) is 0 Å². The number of allylic oxidation sites excluding steroid dienone is 1. The Hall–Kier alpha value is -1.24. The van der Waals surface area contributed by atoms with Crippen molar-refractivity contribution in [1.82, 2.24) is 5.32 Å². The summed E-state index contributed by atoms with van der Waals surface area (Å²) in [4.78, 5) is 24.8. The third-order valence-corrected chi connectivity index (χ3v) is 6.36. The molecule has 4 nitrogen and oxygen atoms in total. The van der Waals surface area contributed by atoms with Crippen LogP contribution in [0.5, 0.6) is 0 Å². The molecular weight excluding hydrogens is 328 g/mol. The van der Waals surface area contributed by atoms with Crippen molar-refractivity contribution < 1.29 is 9.59 Å². The molecule has 1 amide bonds. The van der Waals surface area contributed by atoms with Gasteiger partial charge in [0, 0.05) is 23.5 Å². The second-order valence-corrected chi connectivity index (χ2v) is 7.61. The minimum atomic E-state index is -0.162. The van der Waals surface area contributed by atoms with Gasteiger partial charge in [0.2, 0.25) is 0 Å². The number of thioether (sulfide) groups is 2. The first-order chi connectivity index (χ1) is 11.2. The number of hydrogen-bond donors (Lipinski definition) is 2. The maximum Gasteiger partial charge on any atom is 0.259 e. The molecule has 0 aromatic heterocycles. The number of nitrogens with one attached hydrogen (secondary N) is 1. The lowest BCUT2D eigenvalue weighted by Crippen LogP contribution is -2.40. The van der Waals surface area contributed by atoms with Gasteiger partial charge in [-0.1, -0.05) is 37.3 Å². The van der Waals surface area contributed by atoms with Crippen molar-refractivity contribution in [3.8, 4) is 0 Å². The Balaban J connectivity index is 2.14. The summed E-state index contributed by atoms with van der Waals surface area (Å²) in [6.07, 6.45) is 1.48. The van der Waals surface area contributed by atoms with Crippen LogP contribution in [0.1, 0.15) is 24.8 Å². The average Bonchev–Trinajstić information content (AvgIpc) is 2.61. The van der Waals surface area contributed by atoms with Crippen LogP contribution in [0, 0.1) is 0 Å². The first-order valence-corrected chi connectivity index (χ1v) is 9.65.